The Morgan fingerprint density at radius 2 is 2.18 bits per heavy atom. The monoisotopic (exact) mass is 253 g/mol. The molecule has 4 nitrogen and oxygen atoms in total. The number of nitrogens with one attached hydrogen (secondary N) is 2. The highest BCUT2D eigenvalue weighted by Gasteiger charge is 2.34. The lowest BCUT2D eigenvalue weighted by atomic mass is 10.1. The van der Waals surface area contributed by atoms with Crippen LogP contribution in [-0.2, 0) is 4.79 Å². The summed E-state index contributed by atoms with van der Waals surface area (Å²) in [7, 11) is 1.67. The van der Waals surface area contributed by atoms with Gasteiger partial charge in [0.1, 0.15) is 0 Å². The van der Waals surface area contributed by atoms with Crippen molar-refractivity contribution >= 4 is 5.91 Å². The van der Waals surface area contributed by atoms with E-state index in [2.05, 4.69) is 10.6 Å². The predicted molar refractivity (Wildman–Crippen MR) is 57.5 cm³/mol. The van der Waals surface area contributed by atoms with Crippen LogP contribution >= 0.6 is 0 Å². The van der Waals surface area contributed by atoms with Gasteiger partial charge in [0, 0.05) is 13.1 Å². The second-order valence-corrected chi connectivity index (χ2v) is 4.34. The van der Waals surface area contributed by atoms with Crippen molar-refractivity contribution in [2.45, 2.75) is 12.6 Å². The Balaban J connectivity index is 2.20. The van der Waals surface area contributed by atoms with Crippen molar-refractivity contribution in [2.24, 2.45) is 5.92 Å². The van der Waals surface area contributed by atoms with E-state index in [1.54, 1.807) is 7.05 Å². The highest BCUT2D eigenvalue weighted by Crippen LogP contribution is 2.22. The standard InChI is InChI=1S/C10H18F3N3O/c1-14-5-9(17)15-4-8-2-3-16(6-8)7-10(11,12)13/h8,14H,2-7H2,1H3,(H,15,17). The van der Waals surface area contributed by atoms with Crippen LogP contribution in [0.1, 0.15) is 6.42 Å². The molecule has 0 saturated carbocycles. The fourth-order valence-corrected chi connectivity index (χ4v) is 1.96. The number of hydrogen-bond donors (Lipinski definition) is 2. The third-order valence-corrected chi connectivity index (χ3v) is 2.70. The number of halogens is 3. The van der Waals surface area contributed by atoms with Gasteiger partial charge in [0.2, 0.25) is 5.91 Å². The zero-order chi connectivity index (χ0) is 12.9. The van der Waals surface area contributed by atoms with Gasteiger partial charge >= 0.3 is 6.18 Å². The van der Waals surface area contributed by atoms with E-state index >= 15 is 0 Å². The topological polar surface area (TPSA) is 44.4 Å². The molecule has 1 fully saturated rings. The van der Waals surface area contributed by atoms with E-state index in [0.717, 1.165) is 0 Å². The van der Waals surface area contributed by atoms with Gasteiger partial charge in [-0.2, -0.15) is 13.2 Å². The molecule has 17 heavy (non-hydrogen) atoms. The Labute approximate surface area is 98.5 Å². The molecule has 1 unspecified atom stereocenters. The van der Waals surface area contributed by atoms with Crippen LogP contribution in [0.5, 0.6) is 0 Å². The lowest BCUT2D eigenvalue weighted by molar-refractivity contribution is -0.143. The van der Waals surface area contributed by atoms with Gasteiger partial charge in [-0.25, -0.2) is 0 Å². The molecule has 1 aliphatic rings. The average molecular weight is 253 g/mol. The van der Waals surface area contributed by atoms with Crippen LogP contribution in [0.3, 0.4) is 0 Å². The summed E-state index contributed by atoms with van der Waals surface area (Å²) in [6.07, 6.45) is -3.43. The van der Waals surface area contributed by atoms with E-state index < -0.39 is 12.7 Å². The molecule has 1 atom stereocenters. The van der Waals surface area contributed by atoms with Gasteiger partial charge in [0.15, 0.2) is 0 Å². The van der Waals surface area contributed by atoms with Crippen molar-refractivity contribution in [1.82, 2.24) is 15.5 Å². The van der Waals surface area contributed by atoms with E-state index in [1.807, 2.05) is 0 Å². The zero-order valence-electron chi connectivity index (χ0n) is 9.81. The molecule has 0 bridgehead atoms. The minimum atomic E-state index is -4.13. The molecule has 1 aliphatic heterocycles. The van der Waals surface area contributed by atoms with Gasteiger partial charge in [0.25, 0.3) is 0 Å². The van der Waals surface area contributed by atoms with Crippen LogP contribution in [0.4, 0.5) is 13.2 Å². The van der Waals surface area contributed by atoms with Gasteiger partial charge in [-0.15, -0.1) is 0 Å². The van der Waals surface area contributed by atoms with E-state index in [9.17, 15) is 18.0 Å². The van der Waals surface area contributed by atoms with E-state index in [4.69, 9.17) is 0 Å². The minimum absolute atomic E-state index is 0.123. The molecule has 7 heteroatoms. The number of likely N-dealkylation sites (N-methyl/N-ethyl adjacent to an activating group) is 1. The summed E-state index contributed by atoms with van der Waals surface area (Å²) in [5.74, 6) is -0.0000671. The SMILES string of the molecule is CNCC(=O)NCC1CCN(CC(F)(F)F)C1. The molecule has 100 valence electrons. The number of carbonyl (C=O) groups is 1. The van der Waals surface area contributed by atoms with Crippen molar-refractivity contribution in [1.29, 1.82) is 0 Å². The molecular weight excluding hydrogens is 235 g/mol. The Kier molecular flexibility index (Phi) is 5.20. The summed E-state index contributed by atoms with van der Waals surface area (Å²) >= 11 is 0. The normalized spacial score (nSPS) is 21.8. The van der Waals surface area contributed by atoms with Crippen molar-refractivity contribution in [3.8, 4) is 0 Å². The summed E-state index contributed by atoms with van der Waals surface area (Å²) in [6, 6.07) is 0. The third kappa shape index (κ3) is 5.88. The van der Waals surface area contributed by atoms with Crippen molar-refractivity contribution in [3.05, 3.63) is 0 Å². The lowest BCUT2D eigenvalue weighted by Gasteiger charge is -2.17. The highest BCUT2D eigenvalue weighted by molar-refractivity contribution is 5.77. The maximum Gasteiger partial charge on any atom is 0.401 e. The molecule has 0 aromatic heterocycles. The first-order valence-electron chi connectivity index (χ1n) is 5.61. The molecular formula is C10H18F3N3O. The quantitative estimate of drug-likeness (QED) is 0.736. The van der Waals surface area contributed by atoms with Crippen LogP contribution in [-0.4, -0.2) is 56.8 Å². The highest BCUT2D eigenvalue weighted by atomic mass is 19.4. The van der Waals surface area contributed by atoms with Gasteiger partial charge in [-0.05, 0) is 25.9 Å². The number of likely N-dealkylation sites (tertiary alicyclic amines) is 1. The summed E-state index contributed by atoms with van der Waals surface area (Å²) < 4.78 is 36.4. The van der Waals surface area contributed by atoms with Crippen LogP contribution in [0, 0.1) is 5.92 Å². The number of hydrogen-bond acceptors (Lipinski definition) is 3. The Morgan fingerprint density at radius 3 is 2.76 bits per heavy atom. The largest absolute Gasteiger partial charge is 0.401 e. The lowest BCUT2D eigenvalue weighted by Crippen LogP contribution is -2.37. The third-order valence-electron chi connectivity index (χ3n) is 2.70. The van der Waals surface area contributed by atoms with E-state index in [0.29, 0.717) is 26.1 Å². The predicted octanol–water partition coefficient (Wildman–Crippen LogP) is 0.206. The minimum Gasteiger partial charge on any atom is -0.355 e. The summed E-state index contributed by atoms with van der Waals surface area (Å²) in [6.45, 7) is 0.688. The first-order chi connectivity index (χ1) is 7.90. The average Bonchev–Trinajstić information content (AvgIpc) is 2.60. The summed E-state index contributed by atoms with van der Waals surface area (Å²) in [5, 5.41) is 5.41. The van der Waals surface area contributed by atoms with Gasteiger partial charge in [-0.3, -0.25) is 9.69 Å². The number of carbonyl (C=O) groups excluding carboxylic acids is 1. The smallest absolute Gasteiger partial charge is 0.355 e. The Bertz CT molecular complexity index is 258. The molecule has 0 radical (unpaired) electrons. The van der Waals surface area contributed by atoms with Crippen LogP contribution in [0.2, 0.25) is 0 Å². The van der Waals surface area contributed by atoms with Crippen LogP contribution in [0.15, 0.2) is 0 Å². The molecule has 2 N–H and O–H groups in total. The van der Waals surface area contributed by atoms with Gasteiger partial charge in [0.05, 0.1) is 13.1 Å². The second-order valence-electron chi connectivity index (χ2n) is 4.34. The zero-order valence-corrected chi connectivity index (χ0v) is 9.81. The van der Waals surface area contributed by atoms with Crippen LogP contribution in [0.25, 0.3) is 0 Å². The maximum atomic E-state index is 12.1. The van der Waals surface area contributed by atoms with Crippen molar-refractivity contribution in [2.75, 3.05) is 39.8 Å². The fourth-order valence-electron chi connectivity index (χ4n) is 1.96. The molecule has 1 heterocycles. The number of alkyl halides is 3. The van der Waals surface area contributed by atoms with E-state index in [1.165, 1.54) is 4.90 Å². The van der Waals surface area contributed by atoms with Gasteiger partial charge < -0.3 is 10.6 Å². The Morgan fingerprint density at radius 1 is 1.47 bits per heavy atom. The molecule has 0 aromatic rings. The van der Waals surface area contributed by atoms with Crippen molar-refractivity contribution in [3.63, 3.8) is 0 Å². The molecule has 0 aromatic carbocycles. The van der Waals surface area contributed by atoms with E-state index in [-0.39, 0.29) is 18.4 Å². The number of rotatable bonds is 5. The fraction of sp³-hybridized carbons (Fsp3) is 0.900. The number of amides is 1. The maximum absolute atomic E-state index is 12.1. The molecule has 0 aliphatic carbocycles. The molecule has 1 saturated heterocycles. The first kappa shape index (κ1) is 14.2. The molecule has 1 rings (SSSR count). The number of nitrogens with zero attached hydrogens (tertiary/aromatic N) is 1. The van der Waals surface area contributed by atoms with Crippen molar-refractivity contribution < 1.29 is 18.0 Å². The van der Waals surface area contributed by atoms with Crippen LogP contribution < -0.4 is 10.6 Å². The summed E-state index contributed by atoms with van der Waals surface area (Å²) in [4.78, 5) is 12.5. The second kappa shape index (κ2) is 6.20. The summed E-state index contributed by atoms with van der Waals surface area (Å²) in [5.41, 5.74) is 0. The molecule has 1 amide bonds. The molecule has 0 spiro atoms. The van der Waals surface area contributed by atoms with Gasteiger partial charge in [-0.1, -0.05) is 0 Å². The Hall–Kier alpha value is -0.820. The first-order valence-corrected chi connectivity index (χ1v) is 5.61.